The van der Waals surface area contributed by atoms with Crippen LogP contribution < -0.4 is 14.8 Å². The van der Waals surface area contributed by atoms with Crippen molar-refractivity contribution in [1.29, 1.82) is 0 Å². The number of fused-ring (bicyclic) bond motifs is 1. The number of thiazole rings is 1. The van der Waals surface area contributed by atoms with Gasteiger partial charge in [0.05, 0.1) is 22.3 Å². The minimum Gasteiger partial charge on any atom is -0.493 e. The quantitative estimate of drug-likeness (QED) is 0.224. The van der Waals surface area contributed by atoms with Crippen molar-refractivity contribution < 1.29 is 13.9 Å². The maximum Gasteiger partial charge on any atom is 0.166 e. The van der Waals surface area contributed by atoms with Crippen LogP contribution >= 0.6 is 22.9 Å². The van der Waals surface area contributed by atoms with E-state index >= 15 is 0 Å². The van der Waals surface area contributed by atoms with Gasteiger partial charge in [-0.2, -0.15) is 0 Å². The van der Waals surface area contributed by atoms with Gasteiger partial charge in [-0.05, 0) is 67.1 Å². The van der Waals surface area contributed by atoms with Crippen molar-refractivity contribution in [2.75, 3.05) is 12.4 Å². The number of aromatic nitrogens is 1. The molecule has 0 aliphatic rings. The largest absolute Gasteiger partial charge is 0.493 e. The van der Waals surface area contributed by atoms with Crippen molar-refractivity contribution in [3.8, 4) is 22.1 Å². The van der Waals surface area contributed by atoms with Gasteiger partial charge in [0.15, 0.2) is 11.5 Å². The fourth-order valence-electron chi connectivity index (χ4n) is 3.90. The number of benzene rings is 4. The third-order valence-corrected chi connectivity index (χ3v) is 7.25. The predicted octanol–water partition coefficient (Wildman–Crippen LogP) is 8.26. The normalized spacial score (nSPS) is 11.0. The molecule has 0 fully saturated rings. The fourth-order valence-corrected chi connectivity index (χ4v) is 5.19. The Hall–Kier alpha value is -3.61. The van der Waals surface area contributed by atoms with E-state index < -0.39 is 0 Å². The molecule has 4 nitrogen and oxygen atoms in total. The Kier molecular flexibility index (Phi) is 7.07. The van der Waals surface area contributed by atoms with E-state index in [0.717, 1.165) is 27.3 Å². The van der Waals surface area contributed by atoms with E-state index in [1.807, 2.05) is 30.3 Å². The predicted molar refractivity (Wildman–Crippen MR) is 146 cm³/mol. The minimum atomic E-state index is -0.379. The number of nitrogens with zero attached hydrogens (tertiary/aromatic N) is 1. The van der Waals surface area contributed by atoms with Crippen molar-refractivity contribution in [2.24, 2.45) is 0 Å². The molecule has 0 amide bonds. The molecule has 5 rings (SSSR count). The average molecular weight is 519 g/mol. The Morgan fingerprint density at radius 2 is 1.81 bits per heavy atom. The van der Waals surface area contributed by atoms with Gasteiger partial charge in [0, 0.05) is 28.9 Å². The summed E-state index contributed by atoms with van der Waals surface area (Å²) in [6.07, 6.45) is 0. The van der Waals surface area contributed by atoms with Gasteiger partial charge < -0.3 is 14.8 Å². The highest BCUT2D eigenvalue weighted by molar-refractivity contribution is 7.21. The first-order valence-electron chi connectivity index (χ1n) is 11.4. The molecular formula is C29H24ClFN2O2S. The van der Waals surface area contributed by atoms with Gasteiger partial charge in [-0.25, -0.2) is 9.37 Å². The van der Waals surface area contributed by atoms with E-state index in [9.17, 15) is 4.39 Å². The summed E-state index contributed by atoms with van der Waals surface area (Å²) >= 11 is 7.87. The van der Waals surface area contributed by atoms with E-state index in [-0.39, 0.29) is 12.4 Å². The number of para-hydroxylation sites is 1. The zero-order valence-electron chi connectivity index (χ0n) is 19.8. The smallest absolute Gasteiger partial charge is 0.166 e. The van der Waals surface area contributed by atoms with Crippen molar-refractivity contribution >= 4 is 38.8 Å². The number of halogens is 2. The summed E-state index contributed by atoms with van der Waals surface area (Å²) in [6, 6.07) is 24.6. The molecule has 0 aliphatic heterocycles. The topological polar surface area (TPSA) is 43.4 Å². The number of anilines is 1. The Labute approximate surface area is 218 Å². The molecular weight excluding hydrogens is 495 g/mol. The van der Waals surface area contributed by atoms with Gasteiger partial charge in [-0.1, -0.05) is 35.9 Å². The Bertz CT molecular complexity index is 1520. The molecule has 1 N–H and O–H groups in total. The van der Waals surface area contributed by atoms with Crippen LogP contribution in [0.3, 0.4) is 0 Å². The van der Waals surface area contributed by atoms with E-state index in [1.165, 1.54) is 22.4 Å². The first kappa shape index (κ1) is 24.1. The molecule has 36 heavy (non-hydrogen) atoms. The molecule has 0 atom stereocenters. The lowest BCUT2D eigenvalue weighted by atomic mass is 10.1. The highest BCUT2D eigenvalue weighted by Crippen LogP contribution is 2.34. The highest BCUT2D eigenvalue weighted by Gasteiger charge is 2.13. The van der Waals surface area contributed by atoms with Crippen LogP contribution in [0.1, 0.15) is 16.7 Å². The Balaban J connectivity index is 1.30. The van der Waals surface area contributed by atoms with Crippen LogP contribution in [0, 0.1) is 12.7 Å². The molecule has 5 aromatic rings. The summed E-state index contributed by atoms with van der Waals surface area (Å²) in [4.78, 5) is 4.77. The standard InChI is InChI=1S/C29H24ClFN2O2S/c1-18-6-13-25-27(14-18)36-29(33-25)19-8-11-23(12-9-19)32-16-20-4-3-5-26(34-2)28(20)35-17-21-7-10-22(31)15-24(21)30/h3-15,32H,16-17H2,1-2H3. The number of methoxy groups -OCH3 is 1. The summed E-state index contributed by atoms with van der Waals surface area (Å²) in [7, 11) is 1.60. The van der Waals surface area contributed by atoms with Crippen molar-refractivity contribution in [2.45, 2.75) is 20.1 Å². The summed E-state index contributed by atoms with van der Waals surface area (Å²) in [5.74, 6) is 0.860. The molecule has 7 heteroatoms. The molecule has 4 aromatic carbocycles. The summed E-state index contributed by atoms with van der Waals surface area (Å²) in [5.41, 5.74) is 5.95. The van der Waals surface area contributed by atoms with Crippen LogP contribution in [-0.4, -0.2) is 12.1 Å². The molecule has 0 spiro atoms. The van der Waals surface area contributed by atoms with Crippen molar-refractivity contribution in [3.05, 3.63) is 106 Å². The second-order valence-electron chi connectivity index (χ2n) is 8.39. The summed E-state index contributed by atoms with van der Waals surface area (Å²) in [5, 5.41) is 4.79. The zero-order valence-corrected chi connectivity index (χ0v) is 21.4. The second kappa shape index (κ2) is 10.6. The first-order chi connectivity index (χ1) is 17.5. The molecule has 1 aromatic heterocycles. The van der Waals surface area contributed by atoms with Crippen molar-refractivity contribution in [1.82, 2.24) is 4.98 Å². The maximum absolute atomic E-state index is 13.4. The van der Waals surface area contributed by atoms with E-state index in [1.54, 1.807) is 24.5 Å². The van der Waals surface area contributed by atoms with E-state index in [2.05, 4.69) is 42.6 Å². The van der Waals surface area contributed by atoms with Gasteiger partial charge in [0.1, 0.15) is 17.4 Å². The molecule has 1 heterocycles. The van der Waals surface area contributed by atoms with E-state index in [0.29, 0.717) is 28.6 Å². The summed E-state index contributed by atoms with van der Waals surface area (Å²) in [6.45, 7) is 2.82. The molecule has 0 aliphatic carbocycles. The first-order valence-corrected chi connectivity index (χ1v) is 12.6. The van der Waals surface area contributed by atoms with Crippen LogP contribution in [0.2, 0.25) is 5.02 Å². The highest BCUT2D eigenvalue weighted by atomic mass is 35.5. The number of nitrogens with one attached hydrogen (secondary N) is 1. The number of hydrogen-bond acceptors (Lipinski definition) is 5. The van der Waals surface area contributed by atoms with Crippen molar-refractivity contribution in [3.63, 3.8) is 0 Å². The third-order valence-electron chi connectivity index (χ3n) is 5.83. The number of ether oxygens (including phenoxy) is 2. The van der Waals surface area contributed by atoms with Gasteiger partial charge in [0.2, 0.25) is 0 Å². The lowest BCUT2D eigenvalue weighted by molar-refractivity contribution is 0.281. The number of aryl methyl sites for hydroxylation is 1. The molecule has 0 saturated heterocycles. The van der Waals surface area contributed by atoms with Crippen LogP contribution in [0.5, 0.6) is 11.5 Å². The SMILES string of the molecule is COc1cccc(CNc2ccc(-c3nc4ccc(C)cc4s3)cc2)c1OCc1ccc(F)cc1Cl. The molecule has 0 radical (unpaired) electrons. The Morgan fingerprint density at radius 1 is 0.972 bits per heavy atom. The van der Waals surface area contributed by atoms with Crippen LogP contribution in [0.15, 0.2) is 78.9 Å². The zero-order chi connectivity index (χ0) is 25.1. The lowest BCUT2D eigenvalue weighted by Crippen LogP contribution is -2.05. The Morgan fingerprint density at radius 3 is 2.58 bits per heavy atom. The van der Waals surface area contributed by atoms with Crippen LogP contribution in [0.4, 0.5) is 10.1 Å². The van der Waals surface area contributed by atoms with Gasteiger partial charge in [-0.15, -0.1) is 11.3 Å². The third kappa shape index (κ3) is 5.30. The molecule has 0 bridgehead atoms. The second-order valence-corrected chi connectivity index (χ2v) is 9.83. The fraction of sp³-hybridized carbons (Fsp3) is 0.138. The lowest BCUT2D eigenvalue weighted by Gasteiger charge is -2.16. The maximum atomic E-state index is 13.4. The number of rotatable bonds is 8. The van der Waals surface area contributed by atoms with Crippen LogP contribution in [0.25, 0.3) is 20.8 Å². The van der Waals surface area contributed by atoms with E-state index in [4.69, 9.17) is 26.1 Å². The van der Waals surface area contributed by atoms with Crippen LogP contribution in [-0.2, 0) is 13.2 Å². The molecule has 0 unspecified atom stereocenters. The number of hydrogen-bond donors (Lipinski definition) is 1. The monoisotopic (exact) mass is 518 g/mol. The molecule has 182 valence electrons. The minimum absolute atomic E-state index is 0.197. The molecule has 0 saturated carbocycles. The van der Waals surface area contributed by atoms with Gasteiger partial charge in [-0.3, -0.25) is 0 Å². The average Bonchev–Trinajstić information content (AvgIpc) is 3.30. The van der Waals surface area contributed by atoms with Gasteiger partial charge in [0.25, 0.3) is 0 Å². The summed E-state index contributed by atoms with van der Waals surface area (Å²) < 4.78 is 26.2. The van der Waals surface area contributed by atoms with Gasteiger partial charge >= 0.3 is 0 Å².